The van der Waals surface area contributed by atoms with E-state index in [1.54, 1.807) is 60.7 Å². The Morgan fingerprint density at radius 3 is 1.88 bits per heavy atom. The van der Waals surface area contributed by atoms with Crippen LogP contribution in [0.3, 0.4) is 0 Å². The molecule has 3 nitrogen and oxygen atoms in total. The third-order valence-corrected chi connectivity index (χ3v) is 4.83. The molecule has 3 aromatic carbocycles. The van der Waals surface area contributed by atoms with Gasteiger partial charge in [-0.25, -0.2) is 4.39 Å². The van der Waals surface area contributed by atoms with Crippen molar-refractivity contribution in [3.05, 3.63) is 107 Å². The van der Waals surface area contributed by atoms with Crippen molar-refractivity contribution in [2.24, 2.45) is 4.99 Å². The number of esters is 1. The molecule has 0 amide bonds. The number of hydrogen-bond donors (Lipinski definition) is 0. The van der Waals surface area contributed by atoms with Crippen LogP contribution in [0.15, 0.2) is 89.9 Å². The summed E-state index contributed by atoms with van der Waals surface area (Å²) in [5.74, 6) is 2.97. The predicted octanol–water partition coefficient (Wildman–Crippen LogP) is 5.97. The van der Waals surface area contributed by atoms with Gasteiger partial charge in [0.25, 0.3) is 0 Å². The van der Waals surface area contributed by atoms with Gasteiger partial charge >= 0.3 is 12.1 Å². The van der Waals surface area contributed by atoms with Gasteiger partial charge in [0, 0.05) is 16.7 Å². The minimum absolute atomic E-state index is 0.0243. The number of alkyl halides is 3. The molecule has 1 atom stereocenters. The van der Waals surface area contributed by atoms with Gasteiger partial charge in [-0.15, -0.1) is 0 Å². The van der Waals surface area contributed by atoms with Gasteiger partial charge < -0.3 is 4.74 Å². The van der Waals surface area contributed by atoms with Crippen LogP contribution in [-0.4, -0.2) is 30.0 Å². The second-order valence-electron chi connectivity index (χ2n) is 7.29. The highest BCUT2D eigenvalue weighted by Crippen LogP contribution is 2.38. The molecule has 0 bridgehead atoms. The van der Waals surface area contributed by atoms with E-state index in [1.165, 1.54) is 19.1 Å². The fourth-order valence-corrected chi connectivity index (χ4v) is 3.15. The van der Waals surface area contributed by atoms with E-state index >= 15 is 0 Å². The van der Waals surface area contributed by atoms with E-state index in [9.17, 15) is 22.4 Å². The standard InChI is InChI=1S/C27H21F4NO2/c1-2-34-24(33)19-26(27(29,30)31,18-17-20-13-15-23(28)16-14-20)32-25(21-9-5-3-6-10-21)22-11-7-4-8-12-22/h3-16H,2,19H2,1H3. The number of nitrogens with zero attached hydrogens (tertiary/aromatic N) is 1. The van der Waals surface area contributed by atoms with Crippen LogP contribution < -0.4 is 0 Å². The minimum atomic E-state index is -5.03. The monoisotopic (exact) mass is 467 g/mol. The summed E-state index contributed by atoms with van der Waals surface area (Å²) < 4.78 is 62.0. The van der Waals surface area contributed by atoms with Crippen molar-refractivity contribution in [3.8, 4) is 11.8 Å². The molecule has 174 valence electrons. The Morgan fingerprint density at radius 1 is 0.882 bits per heavy atom. The smallest absolute Gasteiger partial charge is 0.425 e. The first-order valence-corrected chi connectivity index (χ1v) is 10.5. The minimum Gasteiger partial charge on any atom is -0.466 e. The Kier molecular flexibility index (Phi) is 7.85. The number of ether oxygens (including phenoxy) is 1. The third kappa shape index (κ3) is 6.10. The Hall–Kier alpha value is -3.92. The van der Waals surface area contributed by atoms with E-state index in [4.69, 9.17) is 4.74 Å². The average molecular weight is 467 g/mol. The van der Waals surface area contributed by atoms with Crippen LogP contribution in [0, 0.1) is 17.7 Å². The number of halogens is 4. The lowest BCUT2D eigenvalue weighted by molar-refractivity contribution is -0.178. The van der Waals surface area contributed by atoms with E-state index < -0.39 is 29.9 Å². The lowest BCUT2D eigenvalue weighted by Crippen LogP contribution is -2.45. The summed E-state index contributed by atoms with van der Waals surface area (Å²) in [5.41, 5.74) is -2.08. The van der Waals surface area contributed by atoms with Gasteiger partial charge in [0.1, 0.15) is 5.82 Å². The molecule has 0 aliphatic heterocycles. The topological polar surface area (TPSA) is 38.7 Å². The zero-order chi connectivity index (χ0) is 24.6. The van der Waals surface area contributed by atoms with Crippen LogP contribution in [0.4, 0.5) is 17.6 Å². The molecule has 0 spiro atoms. The molecule has 34 heavy (non-hydrogen) atoms. The molecule has 0 N–H and O–H groups in total. The number of rotatable bonds is 6. The van der Waals surface area contributed by atoms with Crippen LogP contribution in [0.25, 0.3) is 0 Å². The van der Waals surface area contributed by atoms with Gasteiger partial charge in [-0.3, -0.25) is 9.79 Å². The normalized spacial score (nSPS) is 12.6. The summed E-state index contributed by atoms with van der Waals surface area (Å²) in [4.78, 5) is 16.4. The van der Waals surface area contributed by atoms with Crippen molar-refractivity contribution in [1.29, 1.82) is 0 Å². The van der Waals surface area contributed by atoms with Crippen molar-refractivity contribution in [3.63, 3.8) is 0 Å². The maximum Gasteiger partial charge on any atom is 0.425 e. The number of hydrogen-bond acceptors (Lipinski definition) is 3. The molecule has 0 heterocycles. The van der Waals surface area contributed by atoms with Gasteiger partial charge in [0.05, 0.1) is 18.7 Å². The van der Waals surface area contributed by atoms with Crippen molar-refractivity contribution >= 4 is 11.7 Å². The van der Waals surface area contributed by atoms with Crippen LogP contribution in [0.2, 0.25) is 0 Å². The fourth-order valence-electron chi connectivity index (χ4n) is 3.15. The molecule has 7 heteroatoms. The zero-order valence-electron chi connectivity index (χ0n) is 18.3. The van der Waals surface area contributed by atoms with E-state index in [1.807, 2.05) is 0 Å². The number of carbonyl (C=O) groups is 1. The molecule has 0 aliphatic carbocycles. The summed E-state index contributed by atoms with van der Waals surface area (Å²) in [6, 6.07) is 21.4. The average Bonchev–Trinajstić information content (AvgIpc) is 2.82. The first kappa shape index (κ1) is 24.7. The van der Waals surface area contributed by atoms with Gasteiger partial charge in [-0.05, 0) is 31.2 Å². The molecule has 0 aliphatic rings. The van der Waals surface area contributed by atoms with Crippen LogP contribution >= 0.6 is 0 Å². The summed E-state index contributed by atoms with van der Waals surface area (Å²) in [6.07, 6.45) is -6.16. The molecule has 3 rings (SSSR count). The molecule has 0 saturated heterocycles. The highest BCUT2D eigenvalue weighted by Gasteiger charge is 2.56. The molecular weight excluding hydrogens is 446 g/mol. The first-order valence-electron chi connectivity index (χ1n) is 10.5. The molecule has 0 saturated carbocycles. The van der Waals surface area contributed by atoms with E-state index in [0.29, 0.717) is 11.1 Å². The number of benzene rings is 3. The fraction of sp³-hybridized carbons (Fsp3) is 0.185. The van der Waals surface area contributed by atoms with Crippen molar-refractivity contribution in [1.82, 2.24) is 0 Å². The highest BCUT2D eigenvalue weighted by atomic mass is 19.4. The lowest BCUT2D eigenvalue weighted by Gasteiger charge is -2.28. The number of carbonyl (C=O) groups excluding carboxylic acids is 1. The van der Waals surface area contributed by atoms with Crippen LogP contribution in [-0.2, 0) is 9.53 Å². The van der Waals surface area contributed by atoms with Gasteiger partial charge in [-0.2, -0.15) is 13.2 Å². The van der Waals surface area contributed by atoms with Gasteiger partial charge in [-0.1, -0.05) is 72.5 Å². The summed E-state index contributed by atoms with van der Waals surface area (Å²) in [5, 5.41) is 0. The van der Waals surface area contributed by atoms with Crippen LogP contribution in [0.5, 0.6) is 0 Å². The molecular formula is C27H21F4NO2. The van der Waals surface area contributed by atoms with Gasteiger partial charge in [0.2, 0.25) is 5.54 Å². The second kappa shape index (κ2) is 10.8. The molecule has 0 aromatic heterocycles. The SMILES string of the molecule is CCOC(=O)CC(C#Cc1ccc(F)cc1)(N=C(c1ccccc1)c1ccccc1)C(F)(F)F. The maximum absolute atomic E-state index is 14.7. The summed E-state index contributed by atoms with van der Waals surface area (Å²) in [7, 11) is 0. The number of aliphatic imine (C=N–C) groups is 1. The van der Waals surface area contributed by atoms with Crippen LogP contribution in [0.1, 0.15) is 30.0 Å². The Morgan fingerprint density at radius 2 is 1.41 bits per heavy atom. The van der Waals surface area contributed by atoms with Crippen molar-refractivity contribution in [2.75, 3.05) is 6.61 Å². The molecule has 3 aromatic rings. The van der Waals surface area contributed by atoms with Gasteiger partial charge in [0.15, 0.2) is 0 Å². The Balaban J connectivity index is 2.28. The lowest BCUT2D eigenvalue weighted by atomic mass is 9.92. The summed E-state index contributed by atoms with van der Waals surface area (Å²) >= 11 is 0. The Labute approximate surface area is 195 Å². The van der Waals surface area contributed by atoms with Crippen molar-refractivity contribution < 1.29 is 27.1 Å². The van der Waals surface area contributed by atoms with E-state index in [2.05, 4.69) is 16.8 Å². The zero-order valence-corrected chi connectivity index (χ0v) is 18.3. The third-order valence-electron chi connectivity index (χ3n) is 4.83. The molecule has 0 fully saturated rings. The predicted molar refractivity (Wildman–Crippen MR) is 122 cm³/mol. The Bertz CT molecular complexity index is 1150. The second-order valence-corrected chi connectivity index (χ2v) is 7.29. The maximum atomic E-state index is 14.7. The van der Waals surface area contributed by atoms with Crippen molar-refractivity contribution in [2.45, 2.75) is 25.1 Å². The van der Waals surface area contributed by atoms with E-state index in [0.717, 1.165) is 12.1 Å². The molecule has 1 unspecified atom stereocenters. The summed E-state index contributed by atoms with van der Waals surface area (Å²) in [6.45, 7) is 1.41. The highest BCUT2D eigenvalue weighted by molar-refractivity contribution is 6.13. The first-order chi connectivity index (χ1) is 16.2. The van der Waals surface area contributed by atoms with E-state index in [-0.39, 0.29) is 17.9 Å². The molecule has 0 radical (unpaired) electrons. The largest absolute Gasteiger partial charge is 0.466 e. The quantitative estimate of drug-likeness (QED) is 0.194.